The summed E-state index contributed by atoms with van der Waals surface area (Å²) in [5.74, 6) is -0.179. The summed E-state index contributed by atoms with van der Waals surface area (Å²) < 4.78 is 1.29. The maximum atomic E-state index is 11.5. The summed E-state index contributed by atoms with van der Waals surface area (Å²) in [4.78, 5) is 11.5. The van der Waals surface area contributed by atoms with E-state index >= 15 is 0 Å². The van der Waals surface area contributed by atoms with Gasteiger partial charge in [0, 0.05) is 6.08 Å². The quantitative estimate of drug-likeness (QED) is 0.638. The normalized spacial score (nSPS) is 11.2. The molecule has 0 aliphatic heterocycles. The van der Waals surface area contributed by atoms with E-state index in [0.29, 0.717) is 0 Å². The third kappa shape index (κ3) is 1.31. The van der Waals surface area contributed by atoms with Crippen LogP contribution in [-0.4, -0.2) is 20.9 Å². The molecule has 4 nitrogen and oxygen atoms in total. The van der Waals surface area contributed by atoms with Crippen molar-refractivity contribution < 1.29 is 4.79 Å². The van der Waals surface area contributed by atoms with Crippen LogP contribution >= 0.6 is 0 Å². The van der Waals surface area contributed by atoms with Crippen LogP contribution in [0.1, 0.15) is 11.7 Å². The fraction of sp³-hybridized carbons (Fsp3) is 0.100. The molecule has 0 bridgehead atoms. The Bertz CT molecular complexity index is 499. The van der Waals surface area contributed by atoms with E-state index in [1.54, 1.807) is 13.0 Å². The summed E-state index contributed by atoms with van der Waals surface area (Å²) in [5.41, 5.74) is 1.46. The zero-order valence-corrected chi connectivity index (χ0v) is 7.71. The van der Waals surface area contributed by atoms with E-state index in [-0.39, 0.29) is 5.91 Å². The molecule has 14 heavy (non-hydrogen) atoms. The van der Waals surface area contributed by atoms with Crippen LogP contribution in [0.4, 0.5) is 0 Å². The highest BCUT2D eigenvalue weighted by Gasteiger charge is 2.07. The second-order valence-electron chi connectivity index (χ2n) is 2.83. The number of benzene rings is 1. The van der Waals surface area contributed by atoms with Crippen molar-refractivity contribution in [2.24, 2.45) is 0 Å². The number of rotatable bonds is 1. The minimum atomic E-state index is -0.179. The molecule has 0 amide bonds. The van der Waals surface area contributed by atoms with Gasteiger partial charge >= 0.3 is 0 Å². The van der Waals surface area contributed by atoms with Crippen molar-refractivity contribution in [2.75, 3.05) is 0 Å². The van der Waals surface area contributed by atoms with E-state index in [4.69, 9.17) is 0 Å². The molecule has 70 valence electrons. The molecule has 0 unspecified atom stereocenters. The van der Waals surface area contributed by atoms with Gasteiger partial charge in [-0.15, -0.1) is 5.10 Å². The first-order valence-corrected chi connectivity index (χ1v) is 4.30. The maximum absolute atomic E-state index is 11.5. The summed E-state index contributed by atoms with van der Waals surface area (Å²) in [5, 5.41) is 7.66. The van der Waals surface area contributed by atoms with Gasteiger partial charge < -0.3 is 0 Å². The highest BCUT2D eigenvalue weighted by Crippen LogP contribution is 2.09. The Kier molecular flexibility index (Phi) is 2.10. The van der Waals surface area contributed by atoms with Gasteiger partial charge in [-0.05, 0) is 19.1 Å². The van der Waals surface area contributed by atoms with Crippen LogP contribution in [0.5, 0.6) is 0 Å². The fourth-order valence-electron chi connectivity index (χ4n) is 1.24. The zero-order chi connectivity index (χ0) is 9.97. The molecule has 0 radical (unpaired) electrons. The maximum Gasteiger partial charge on any atom is 0.272 e. The van der Waals surface area contributed by atoms with Crippen molar-refractivity contribution in [1.82, 2.24) is 15.0 Å². The first-order valence-electron chi connectivity index (χ1n) is 4.30. The highest BCUT2D eigenvalue weighted by molar-refractivity contribution is 5.95. The molecule has 0 atom stereocenters. The molecule has 1 aromatic heterocycles. The number of hydrogen-bond donors (Lipinski definition) is 0. The Morgan fingerprint density at radius 3 is 3.00 bits per heavy atom. The Labute approximate surface area is 80.8 Å². The van der Waals surface area contributed by atoms with Crippen molar-refractivity contribution in [1.29, 1.82) is 0 Å². The Morgan fingerprint density at radius 1 is 1.43 bits per heavy atom. The number of allylic oxidation sites excluding steroid dienone is 2. The molecule has 2 aromatic rings. The van der Waals surface area contributed by atoms with Gasteiger partial charge in [0.05, 0.1) is 5.52 Å². The van der Waals surface area contributed by atoms with Crippen LogP contribution in [0.2, 0.25) is 0 Å². The molecule has 0 saturated heterocycles. The minimum Gasteiger partial charge on any atom is -0.267 e. The lowest BCUT2D eigenvalue weighted by atomic mass is 10.3. The van der Waals surface area contributed by atoms with E-state index in [0.717, 1.165) is 11.0 Å². The van der Waals surface area contributed by atoms with Gasteiger partial charge in [-0.2, -0.15) is 4.68 Å². The molecule has 4 heteroatoms. The molecule has 0 aliphatic rings. The van der Waals surface area contributed by atoms with Gasteiger partial charge in [-0.1, -0.05) is 23.4 Å². The van der Waals surface area contributed by atoms with Gasteiger partial charge in [0.1, 0.15) is 5.52 Å². The average Bonchev–Trinajstić information content (AvgIpc) is 2.61. The van der Waals surface area contributed by atoms with E-state index in [9.17, 15) is 4.79 Å². The van der Waals surface area contributed by atoms with Crippen molar-refractivity contribution in [3.8, 4) is 0 Å². The molecular formula is C10H9N3O. The molecular weight excluding hydrogens is 178 g/mol. The molecule has 1 aromatic carbocycles. The number of para-hydroxylation sites is 1. The summed E-state index contributed by atoms with van der Waals surface area (Å²) >= 11 is 0. The van der Waals surface area contributed by atoms with Crippen molar-refractivity contribution in [3.63, 3.8) is 0 Å². The van der Waals surface area contributed by atoms with E-state index < -0.39 is 0 Å². The van der Waals surface area contributed by atoms with Gasteiger partial charge in [0.15, 0.2) is 0 Å². The van der Waals surface area contributed by atoms with Gasteiger partial charge in [0.2, 0.25) is 0 Å². The second-order valence-corrected chi connectivity index (χ2v) is 2.83. The third-order valence-corrected chi connectivity index (χ3v) is 1.87. The first-order chi connectivity index (χ1) is 6.83. The largest absolute Gasteiger partial charge is 0.272 e. The Hall–Kier alpha value is -1.97. The van der Waals surface area contributed by atoms with Crippen LogP contribution in [-0.2, 0) is 0 Å². The Morgan fingerprint density at radius 2 is 2.21 bits per heavy atom. The van der Waals surface area contributed by atoms with Gasteiger partial charge in [-0.3, -0.25) is 4.79 Å². The minimum absolute atomic E-state index is 0.179. The van der Waals surface area contributed by atoms with E-state index in [2.05, 4.69) is 10.3 Å². The van der Waals surface area contributed by atoms with Gasteiger partial charge in [-0.25, -0.2) is 0 Å². The molecule has 0 aliphatic carbocycles. The van der Waals surface area contributed by atoms with Crippen LogP contribution in [0.15, 0.2) is 36.4 Å². The van der Waals surface area contributed by atoms with Crippen LogP contribution < -0.4 is 0 Å². The summed E-state index contributed by atoms with van der Waals surface area (Å²) in [6.45, 7) is 1.79. The van der Waals surface area contributed by atoms with Crippen molar-refractivity contribution >= 4 is 16.9 Å². The fourth-order valence-corrected chi connectivity index (χ4v) is 1.24. The smallest absolute Gasteiger partial charge is 0.267 e. The number of fused-ring (bicyclic) bond motifs is 1. The predicted octanol–water partition coefficient (Wildman–Crippen LogP) is 1.65. The third-order valence-electron chi connectivity index (χ3n) is 1.87. The van der Waals surface area contributed by atoms with E-state index in [1.807, 2.05) is 24.3 Å². The summed E-state index contributed by atoms with van der Waals surface area (Å²) in [6.07, 6.45) is 3.14. The molecule has 0 spiro atoms. The van der Waals surface area contributed by atoms with Crippen LogP contribution in [0.25, 0.3) is 11.0 Å². The Balaban J connectivity index is 2.58. The van der Waals surface area contributed by atoms with Crippen LogP contribution in [0.3, 0.4) is 0 Å². The van der Waals surface area contributed by atoms with Gasteiger partial charge in [0.25, 0.3) is 5.91 Å². The number of nitrogens with zero attached hydrogens (tertiary/aromatic N) is 3. The second kappa shape index (κ2) is 3.41. The molecule has 0 saturated carbocycles. The lowest BCUT2D eigenvalue weighted by Gasteiger charge is -1.93. The molecule has 1 heterocycles. The van der Waals surface area contributed by atoms with Crippen molar-refractivity contribution in [3.05, 3.63) is 36.4 Å². The summed E-state index contributed by atoms with van der Waals surface area (Å²) in [7, 11) is 0. The van der Waals surface area contributed by atoms with E-state index in [1.165, 1.54) is 10.8 Å². The standard InChI is InChI=1S/C10H9N3O/c1-2-5-10(14)13-9-7-4-3-6-8(9)11-12-13/h2-7H,1H3/b5-2+. The summed E-state index contributed by atoms with van der Waals surface area (Å²) in [6, 6.07) is 7.35. The number of carbonyl (C=O) groups excluding carboxylic acids is 1. The van der Waals surface area contributed by atoms with Crippen LogP contribution in [0, 0.1) is 0 Å². The SMILES string of the molecule is C/C=C/C(=O)n1nnc2ccccc21. The lowest BCUT2D eigenvalue weighted by Crippen LogP contribution is -2.08. The monoisotopic (exact) mass is 187 g/mol. The number of hydrogen-bond acceptors (Lipinski definition) is 3. The first kappa shape index (κ1) is 8.62. The predicted molar refractivity (Wildman–Crippen MR) is 53.0 cm³/mol. The molecule has 0 fully saturated rings. The number of aromatic nitrogens is 3. The average molecular weight is 187 g/mol. The molecule has 0 N–H and O–H groups in total. The number of carbonyl (C=O) groups is 1. The zero-order valence-electron chi connectivity index (χ0n) is 7.71. The highest BCUT2D eigenvalue weighted by atomic mass is 16.2. The lowest BCUT2D eigenvalue weighted by molar-refractivity contribution is 0.0957. The molecule has 2 rings (SSSR count). The topological polar surface area (TPSA) is 47.8 Å². The van der Waals surface area contributed by atoms with Crippen molar-refractivity contribution in [2.45, 2.75) is 6.92 Å².